The lowest BCUT2D eigenvalue weighted by atomic mass is 10.2. The second-order valence-electron chi connectivity index (χ2n) is 3.57. The molecule has 2 N–H and O–H groups in total. The van der Waals surface area contributed by atoms with Crippen LogP contribution in [0.3, 0.4) is 0 Å². The van der Waals surface area contributed by atoms with Gasteiger partial charge in [0.25, 0.3) is 0 Å². The summed E-state index contributed by atoms with van der Waals surface area (Å²) in [6, 6.07) is 5.48. The lowest BCUT2D eigenvalue weighted by molar-refractivity contribution is 0.753. The van der Waals surface area contributed by atoms with E-state index in [1.54, 1.807) is 16.8 Å². The van der Waals surface area contributed by atoms with Gasteiger partial charge in [0.15, 0.2) is 11.6 Å². The molecule has 0 fully saturated rings. The molecule has 1 heterocycles. The number of benzene rings is 1. The number of hydrogen-bond donors (Lipinski definition) is 1. The van der Waals surface area contributed by atoms with Crippen LogP contribution in [0, 0.1) is 0 Å². The number of aromatic nitrogens is 3. The highest BCUT2D eigenvalue weighted by Crippen LogP contribution is 2.25. The predicted octanol–water partition coefficient (Wildman–Crippen LogP) is 2.28. The Labute approximate surface area is 99.1 Å². The summed E-state index contributed by atoms with van der Waals surface area (Å²) in [6.45, 7) is 2.02. The number of halogens is 1. The van der Waals surface area contributed by atoms with Gasteiger partial charge in [-0.05, 0) is 18.2 Å². The van der Waals surface area contributed by atoms with Crippen molar-refractivity contribution < 1.29 is 0 Å². The molecule has 0 saturated carbocycles. The molecule has 5 heteroatoms. The van der Waals surface area contributed by atoms with Gasteiger partial charge in [-0.3, -0.25) is 0 Å². The first-order valence-corrected chi connectivity index (χ1v) is 5.45. The zero-order chi connectivity index (χ0) is 11.7. The van der Waals surface area contributed by atoms with Crippen LogP contribution in [0.1, 0.15) is 12.7 Å². The maximum absolute atomic E-state index is 5.97. The third-order valence-electron chi connectivity index (χ3n) is 2.38. The number of nitrogen functional groups attached to an aromatic ring is 1. The maximum Gasteiger partial charge on any atom is 0.158 e. The maximum atomic E-state index is 5.97. The van der Waals surface area contributed by atoms with Crippen molar-refractivity contribution in [3.8, 4) is 11.4 Å². The smallest absolute Gasteiger partial charge is 0.158 e. The molecule has 0 aliphatic carbocycles. The molecule has 1 aromatic heterocycles. The lowest BCUT2D eigenvalue weighted by Crippen LogP contribution is -1.95. The molecule has 0 saturated heterocycles. The number of anilines is 1. The van der Waals surface area contributed by atoms with Crippen molar-refractivity contribution in [2.45, 2.75) is 13.3 Å². The fraction of sp³-hybridized carbons (Fsp3) is 0.273. The highest BCUT2D eigenvalue weighted by Gasteiger charge is 2.09. The van der Waals surface area contributed by atoms with Crippen LogP contribution in [0.15, 0.2) is 18.2 Å². The number of aryl methyl sites for hydroxylation is 2. The van der Waals surface area contributed by atoms with Crippen LogP contribution < -0.4 is 5.73 Å². The average molecular weight is 237 g/mol. The van der Waals surface area contributed by atoms with Crippen molar-refractivity contribution in [3.63, 3.8) is 0 Å². The van der Waals surface area contributed by atoms with Gasteiger partial charge >= 0.3 is 0 Å². The van der Waals surface area contributed by atoms with Crippen molar-refractivity contribution in [1.82, 2.24) is 14.8 Å². The molecule has 4 nitrogen and oxygen atoms in total. The fourth-order valence-corrected chi connectivity index (χ4v) is 1.69. The van der Waals surface area contributed by atoms with Gasteiger partial charge in [0.2, 0.25) is 0 Å². The zero-order valence-electron chi connectivity index (χ0n) is 9.24. The first-order valence-electron chi connectivity index (χ1n) is 5.07. The van der Waals surface area contributed by atoms with Crippen molar-refractivity contribution >= 4 is 17.3 Å². The molecule has 0 bridgehead atoms. The molecule has 0 atom stereocenters. The molecular formula is C11H13ClN4. The van der Waals surface area contributed by atoms with Gasteiger partial charge in [0.1, 0.15) is 0 Å². The minimum absolute atomic E-state index is 0.540. The molecule has 0 unspecified atom stereocenters. The molecule has 2 aromatic rings. The number of nitrogens with two attached hydrogens (primary N) is 1. The van der Waals surface area contributed by atoms with E-state index in [0.717, 1.165) is 23.6 Å². The summed E-state index contributed by atoms with van der Waals surface area (Å²) < 4.78 is 1.75. The predicted molar refractivity (Wildman–Crippen MR) is 65.2 cm³/mol. The summed E-state index contributed by atoms with van der Waals surface area (Å²) in [6.07, 6.45) is 0.816. The van der Waals surface area contributed by atoms with E-state index in [1.165, 1.54) is 0 Å². The van der Waals surface area contributed by atoms with Gasteiger partial charge in [-0.15, -0.1) is 0 Å². The molecule has 1 aromatic carbocycles. The van der Waals surface area contributed by atoms with E-state index >= 15 is 0 Å². The highest BCUT2D eigenvalue weighted by molar-refractivity contribution is 6.33. The molecule has 84 valence electrons. The van der Waals surface area contributed by atoms with E-state index in [4.69, 9.17) is 17.3 Å². The quantitative estimate of drug-likeness (QED) is 0.814. The summed E-state index contributed by atoms with van der Waals surface area (Å²) >= 11 is 5.97. The number of nitrogens with zero attached hydrogens (tertiary/aromatic N) is 3. The van der Waals surface area contributed by atoms with Crippen LogP contribution in [0.5, 0.6) is 0 Å². The minimum atomic E-state index is 0.540. The third kappa shape index (κ3) is 1.88. The van der Waals surface area contributed by atoms with Gasteiger partial charge in [0, 0.05) is 19.0 Å². The Morgan fingerprint density at radius 3 is 2.75 bits per heavy atom. The Morgan fingerprint density at radius 2 is 2.19 bits per heavy atom. The van der Waals surface area contributed by atoms with Crippen LogP contribution in [-0.4, -0.2) is 14.8 Å². The van der Waals surface area contributed by atoms with Gasteiger partial charge in [-0.2, -0.15) is 5.10 Å². The van der Waals surface area contributed by atoms with Crippen LogP contribution in [0.25, 0.3) is 11.4 Å². The summed E-state index contributed by atoms with van der Waals surface area (Å²) in [5.74, 6) is 1.63. The van der Waals surface area contributed by atoms with Crippen LogP contribution in [0.2, 0.25) is 5.02 Å². The average Bonchev–Trinajstić information content (AvgIpc) is 2.64. The molecule has 0 amide bonds. The summed E-state index contributed by atoms with van der Waals surface area (Å²) in [5.41, 5.74) is 7.16. The van der Waals surface area contributed by atoms with Crippen molar-refractivity contribution in [2.24, 2.45) is 7.05 Å². The summed E-state index contributed by atoms with van der Waals surface area (Å²) in [7, 11) is 1.87. The van der Waals surface area contributed by atoms with Crippen LogP contribution in [0.4, 0.5) is 5.69 Å². The molecule has 16 heavy (non-hydrogen) atoms. The second kappa shape index (κ2) is 4.14. The Morgan fingerprint density at radius 1 is 1.44 bits per heavy atom. The minimum Gasteiger partial charge on any atom is -0.398 e. The van der Waals surface area contributed by atoms with Gasteiger partial charge in [-0.1, -0.05) is 18.5 Å². The Bertz CT molecular complexity index is 519. The monoisotopic (exact) mass is 236 g/mol. The number of hydrogen-bond acceptors (Lipinski definition) is 3. The van der Waals surface area contributed by atoms with E-state index < -0.39 is 0 Å². The third-order valence-corrected chi connectivity index (χ3v) is 2.71. The van der Waals surface area contributed by atoms with Crippen LogP contribution in [-0.2, 0) is 13.5 Å². The molecule has 0 aliphatic heterocycles. The van der Waals surface area contributed by atoms with E-state index in [9.17, 15) is 0 Å². The van der Waals surface area contributed by atoms with E-state index in [-0.39, 0.29) is 0 Å². The van der Waals surface area contributed by atoms with Crippen molar-refractivity contribution in [2.75, 3.05) is 5.73 Å². The standard InChI is InChI=1S/C11H13ClN4/c1-3-10-14-11(16(2)15-10)7-4-5-9(13)8(12)6-7/h4-6H,3,13H2,1-2H3. The molecule has 2 rings (SSSR count). The summed E-state index contributed by atoms with van der Waals surface area (Å²) in [5, 5.41) is 4.83. The van der Waals surface area contributed by atoms with Gasteiger partial charge in [-0.25, -0.2) is 9.67 Å². The van der Waals surface area contributed by atoms with E-state index in [1.807, 2.05) is 20.0 Å². The lowest BCUT2D eigenvalue weighted by Gasteiger charge is -2.02. The van der Waals surface area contributed by atoms with E-state index in [2.05, 4.69) is 10.1 Å². The highest BCUT2D eigenvalue weighted by atomic mass is 35.5. The SMILES string of the molecule is CCc1nc(-c2ccc(N)c(Cl)c2)n(C)n1. The Balaban J connectivity index is 2.49. The number of rotatable bonds is 2. The topological polar surface area (TPSA) is 56.7 Å². The van der Waals surface area contributed by atoms with Crippen molar-refractivity contribution in [3.05, 3.63) is 29.0 Å². The Hall–Kier alpha value is -1.55. The van der Waals surface area contributed by atoms with Crippen molar-refractivity contribution in [1.29, 1.82) is 0 Å². The first kappa shape index (κ1) is 11.0. The largest absolute Gasteiger partial charge is 0.398 e. The van der Waals surface area contributed by atoms with Crippen LogP contribution >= 0.6 is 11.6 Å². The summed E-state index contributed by atoms with van der Waals surface area (Å²) in [4.78, 5) is 4.42. The van der Waals surface area contributed by atoms with E-state index in [0.29, 0.717) is 10.7 Å². The zero-order valence-corrected chi connectivity index (χ0v) is 9.99. The Kier molecular flexibility index (Phi) is 2.83. The van der Waals surface area contributed by atoms with Gasteiger partial charge in [0.05, 0.1) is 10.7 Å². The normalized spacial score (nSPS) is 10.7. The van der Waals surface area contributed by atoms with Gasteiger partial charge < -0.3 is 5.73 Å². The molecule has 0 aliphatic rings. The molecular weight excluding hydrogens is 224 g/mol. The first-order chi connectivity index (χ1) is 7.61. The molecule has 0 radical (unpaired) electrons. The molecule has 0 spiro atoms. The second-order valence-corrected chi connectivity index (χ2v) is 3.97. The fourth-order valence-electron chi connectivity index (χ4n) is 1.50.